The van der Waals surface area contributed by atoms with Crippen LogP contribution in [-0.2, 0) is 14.3 Å². The van der Waals surface area contributed by atoms with Crippen molar-refractivity contribution >= 4 is 17.5 Å². The predicted octanol–water partition coefficient (Wildman–Crippen LogP) is 3.59. The largest absolute Gasteiger partial charge is 0.381 e. The average molecular weight is 338 g/mol. The van der Waals surface area contributed by atoms with Gasteiger partial charge in [0.25, 0.3) is 0 Å². The van der Waals surface area contributed by atoms with Gasteiger partial charge in [-0.3, -0.25) is 4.79 Å². The van der Waals surface area contributed by atoms with Crippen molar-refractivity contribution in [2.75, 3.05) is 26.4 Å². The second-order valence-corrected chi connectivity index (χ2v) is 6.61. The Kier molecular flexibility index (Phi) is 5.92. The van der Waals surface area contributed by atoms with Crippen LogP contribution in [0, 0.1) is 0 Å². The number of carbonyl (C=O) groups is 1. The predicted molar refractivity (Wildman–Crippen MR) is 89.6 cm³/mol. The van der Waals surface area contributed by atoms with Crippen LogP contribution in [0.1, 0.15) is 43.7 Å². The Morgan fingerprint density at radius 2 is 2.04 bits per heavy atom. The Balaban J connectivity index is 1.53. The third kappa shape index (κ3) is 4.25. The Morgan fingerprint density at radius 3 is 2.83 bits per heavy atom. The van der Waals surface area contributed by atoms with E-state index >= 15 is 0 Å². The van der Waals surface area contributed by atoms with Crippen molar-refractivity contribution in [1.29, 1.82) is 0 Å². The van der Waals surface area contributed by atoms with Gasteiger partial charge in [-0.2, -0.15) is 0 Å². The van der Waals surface area contributed by atoms with Gasteiger partial charge in [-0.05, 0) is 37.3 Å². The molecule has 2 saturated heterocycles. The summed E-state index contributed by atoms with van der Waals surface area (Å²) in [5.41, 5.74) is 1.06. The highest BCUT2D eigenvalue weighted by Gasteiger charge is 2.30. The fraction of sp³-hybridized carbons (Fsp3) is 0.611. The molecule has 0 N–H and O–H groups in total. The number of hydrogen-bond acceptors (Lipinski definition) is 3. The molecule has 0 saturated carbocycles. The van der Waals surface area contributed by atoms with E-state index in [2.05, 4.69) is 0 Å². The molecule has 0 aromatic heterocycles. The summed E-state index contributed by atoms with van der Waals surface area (Å²) >= 11 is 6.31. The topological polar surface area (TPSA) is 38.8 Å². The molecule has 4 nitrogen and oxygen atoms in total. The zero-order valence-corrected chi connectivity index (χ0v) is 14.1. The zero-order valence-electron chi connectivity index (χ0n) is 13.4. The first-order valence-electron chi connectivity index (χ1n) is 8.49. The van der Waals surface area contributed by atoms with Crippen molar-refractivity contribution in [2.24, 2.45) is 0 Å². The summed E-state index contributed by atoms with van der Waals surface area (Å²) in [5.74, 6) is 0.166. The number of rotatable bonds is 5. The van der Waals surface area contributed by atoms with Crippen LogP contribution in [0.3, 0.4) is 0 Å². The molecule has 1 aromatic carbocycles. The number of nitrogens with zero attached hydrogens (tertiary/aromatic N) is 1. The second kappa shape index (κ2) is 8.13. The number of amides is 1. The lowest BCUT2D eigenvalue weighted by atomic mass is 10.0. The molecule has 0 radical (unpaired) electrons. The number of likely N-dealkylation sites (tertiary alicyclic amines) is 1. The maximum absolute atomic E-state index is 12.6. The molecule has 2 heterocycles. The second-order valence-electron chi connectivity index (χ2n) is 6.20. The molecule has 23 heavy (non-hydrogen) atoms. The van der Waals surface area contributed by atoms with Crippen LogP contribution >= 0.6 is 11.6 Å². The summed E-state index contributed by atoms with van der Waals surface area (Å²) in [7, 11) is 0. The van der Waals surface area contributed by atoms with Gasteiger partial charge in [0.05, 0.1) is 25.2 Å². The molecule has 0 bridgehead atoms. The van der Waals surface area contributed by atoms with Crippen LogP contribution in [0.4, 0.5) is 0 Å². The molecule has 0 aliphatic carbocycles. The molecule has 1 amide bonds. The van der Waals surface area contributed by atoms with E-state index in [1.165, 1.54) is 0 Å². The van der Waals surface area contributed by atoms with E-state index in [-0.39, 0.29) is 18.1 Å². The molecular formula is C18H24ClNO3. The fourth-order valence-electron chi connectivity index (χ4n) is 3.43. The van der Waals surface area contributed by atoms with Crippen molar-refractivity contribution < 1.29 is 14.3 Å². The van der Waals surface area contributed by atoms with Gasteiger partial charge in [0.15, 0.2) is 0 Å². The number of carbonyl (C=O) groups excluding carboxylic acids is 1. The van der Waals surface area contributed by atoms with E-state index in [1.807, 2.05) is 29.2 Å². The van der Waals surface area contributed by atoms with Crippen molar-refractivity contribution in [3.63, 3.8) is 0 Å². The summed E-state index contributed by atoms with van der Waals surface area (Å²) < 4.78 is 11.1. The van der Waals surface area contributed by atoms with Gasteiger partial charge in [0.2, 0.25) is 5.91 Å². The van der Waals surface area contributed by atoms with E-state index in [9.17, 15) is 4.79 Å². The molecule has 2 aliphatic heterocycles. The van der Waals surface area contributed by atoms with E-state index in [1.54, 1.807) is 0 Å². The maximum Gasteiger partial charge on any atom is 0.225 e. The minimum Gasteiger partial charge on any atom is -0.381 e. The third-order valence-electron chi connectivity index (χ3n) is 4.68. The maximum atomic E-state index is 12.6. The zero-order chi connectivity index (χ0) is 16.1. The lowest BCUT2D eigenvalue weighted by Gasteiger charge is -2.27. The Morgan fingerprint density at radius 1 is 1.26 bits per heavy atom. The highest BCUT2D eigenvalue weighted by Crippen LogP contribution is 2.35. The van der Waals surface area contributed by atoms with Crippen LogP contribution in [0.5, 0.6) is 0 Å². The number of benzene rings is 1. The Labute approximate surface area is 142 Å². The highest BCUT2D eigenvalue weighted by atomic mass is 35.5. The smallest absolute Gasteiger partial charge is 0.225 e. The standard InChI is InChI=1S/C18H24ClNO3/c19-16-5-2-1-4-15(16)17-6-3-10-20(17)18(21)9-13-23-14-7-11-22-12-8-14/h1-2,4-5,14,17H,3,6-13H2. The van der Waals surface area contributed by atoms with Gasteiger partial charge in [-0.25, -0.2) is 0 Å². The fourth-order valence-corrected chi connectivity index (χ4v) is 3.69. The van der Waals surface area contributed by atoms with E-state index in [4.69, 9.17) is 21.1 Å². The first-order valence-corrected chi connectivity index (χ1v) is 8.87. The van der Waals surface area contributed by atoms with E-state index in [0.717, 1.165) is 56.0 Å². The van der Waals surface area contributed by atoms with Crippen LogP contribution in [-0.4, -0.2) is 43.3 Å². The van der Waals surface area contributed by atoms with Gasteiger partial charge >= 0.3 is 0 Å². The molecule has 3 rings (SSSR count). The van der Waals surface area contributed by atoms with Gasteiger partial charge in [0.1, 0.15) is 0 Å². The van der Waals surface area contributed by atoms with Crippen LogP contribution in [0.15, 0.2) is 24.3 Å². The summed E-state index contributed by atoms with van der Waals surface area (Å²) in [6.45, 7) is 2.83. The first-order chi connectivity index (χ1) is 11.3. The molecule has 126 valence electrons. The van der Waals surface area contributed by atoms with Crippen molar-refractivity contribution in [1.82, 2.24) is 4.90 Å². The van der Waals surface area contributed by atoms with Gasteiger partial charge in [-0.15, -0.1) is 0 Å². The number of halogens is 1. The van der Waals surface area contributed by atoms with Crippen LogP contribution < -0.4 is 0 Å². The van der Waals surface area contributed by atoms with E-state index < -0.39 is 0 Å². The quantitative estimate of drug-likeness (QED) is 0.824. The molecular weight excluding hydrogens is 314 g/mol. The normalized spacial score (nSPS) is 22.5. The average Bonchev–Trinajstić information content (AvgIpc) is 3.06. The SMILES string of the molecule is O=C(CCOC1CCOCC1)N1CCCC1c1ccccc1Cl. The van der Waals surface area contributed by atoms with Crippen molar-refractivity contribution in [2.45, 2.75) is 44.2 Å². The lowest BCUT2D eigenvalue weighted by molar-refractivity contribution is -0.134. The van der Waals surface area contributed by atoms with Gasteiger partial charge in [-0.1, -0.05) is 29.8 Å². The van der Waals surface area contributed by atoms with Crippen molar-refractivity contribution in [3.8, 4) is 0 Å². The summed E-state index contributed by atoms with van der Waals surface area (Å²) in [6, 6.07) is 7.94. The molecule has 1 atom stereocenters. The lowest BCUT2D eigenvalue weighted by Crippen LogP contribution is -2.32. The highest BCUT2D eigenvalue weighted by molar-refractivity contribution is 6.31. The summed E-state index contributed by atoms with van der Waals surface area (Å²) in [5, 5.41) is 0.746. The number of ether oxygens (including phenoxy) is 2. The van der Waals surface area contributed by atoms with Gasteiger partial charge < -0.3 is 14.4 Å². The summed E-state index contributed by atoms with van der Waals surface area (Å²) in [6.07, 6.45) is 4.56. The van der Waals surface area contributed by atoms with E-state index in [0.29, 0.717) is 13.0 Å². The molecule has 0 spiro atoms. The molecule has 2 fully saturated rings. The molecule has 2 aliphatic rings. The Hall–Kier alpha value is -1.10. The minimum atomic E-state index is 0.110. The third-order valence-corrected chi connectivity index (χ3v) is 5.02. The molecule has 1 aromatic rings. The minimum absolute atomic E-state index is 0.110. The van der Waals surface area contributed by atoms with Crippen molar-refractivity contribution in [3.05, 3.63) is 34.9 Å². The Bertz CT molecular complexity index is 531. The monoisotopic (exact) mass is 337 g/mol. The van der Waals surface area contributed by atoms with Gasteiger partial charge in [0, 0.05) is 24.8 Å². The summed E-state index contributed by atoms with van der Waals surface area (Å²) in [4.78, 5) is 14.5. The molecule has 1 unspecified atom stereocenters. The van der Waals surface area contributed by atoms with Crippen LogP contribution in [0.25, 0.3) is 0 Å². The first kappa shape index (κ1) is 16.7. The van der Waals surface area contributed by atoms with Crippen LogP contribution in [0.2, 0.25) is 5.02 Å². The number of hydrogen-bond donors (Lipinski definition) is 0. The molecule has 5 heteroatoms.